The summed E-state index contributed by atoms with van der Waals surface area (Å²) in [7, 11) is 3.09. The van der Waals surface area contributed by atoms with E-state index in [1.807, 2.05) is 24.4 Å². The van der Waals surface area contributed by atoms with Crippen LogP contribution in [0.25, 0.3) is 22.0 Å². The van der Waals surface area contributed by atoms with E-state index in [0.717, 1.165) is 40.6 Å². The van der Waals surface area contributed by atoms with Crippen LogP contribution < -0.4 is 26.4 Å². The third-order valence-electron chi connectivity index (χ3n) is 4.62. The lowest BCUT2D eigenvalue weighted by molar-refractivity contribution is -0.686. The van der Waals surface area contributed by atoms with E-state index >= 15 is 0 Å². The summed E-state index contributed by atoms with van der Waals surface area (Å²) < 4.78 is 12.5. The molecule has 0 unspecified atom stereocenters. The Bertz CT molecular complexity index is 972. The molecule has 5 nitrogen and oxygen atoms in total. The van der Waals surface area contributed by atoms with E-state index in [2.05, 4.69) is 4.57 Å². The lowest BCUT2D eigenvalue weighted by Crippen LogP contribution is -3.00. The van der Waals surface area contributed by atoms with Gasteiger partial charge in [0, 0.05) is 12.5 Å². The molecule has 2 N–H and O–H groups in total. The van der Waals surface area contributed by atoms with E-state index in [0.29, 0.717) is 11.5 Å². The summed E-state index contributed by atoms with van der Waals surface area (Å²) in [4.78, 5) is 0. The maximum atomic E-state index is 10.4. The van der Waals surface area contributed by atoms with Crippen molar-refractivity contribution in [2.24, 2.45) is 0 Å². The number of phenols is 2. The highest BCUT2D eigenvalue weighted by Gasteiger charge is 2.26. The average molecular weight is 360 g/mol. The molecule has 0 amide bonds. The van der Waals surface area contributed by atoms with Crippen molar-refractivity contribution < 1.29 is 36.7 Å². The Hall–Kier alpha value is -2.66. The number of benzene rings is 2. The van der Waals surface area contributed by atoms with Gasteiger partial charge in [0.25, 0.3) is 0 Å². The zero-order valence-corrected chi connectivity index (χ0v) is 14.7. The smallest absolute Gasteiger partial charge is 0.213 e. The lowest BCUT2D eigenvalue weighted by atomic mass is 9.95. The summed E-state index contributed by atoms with van der Waals surface area (Å²) in [5.41, 5.74) is 3.13. The topological polar surface area (TPSA) is 62.8 Å². The molecule has 0 aliphatic carbocycles. The summed E-state index contributed by atoms with van der Waals surface area (Å²) in [5.74, 6) is 1.23. The fourth-order valence-corrected chi connectivity index (χ4v) is 3.36. The standard InChI is InChI=1S/C19H17NO4.ClH/c1-23-17-4-3-11-7-15-13-9-16(21)18(24-2)8-12(13)5-6-20(15)10-14(11)19(17)22;/h3-4,7-10,21H,5-6H2,1-2H3;1H. The van der Waals surface area contributed by atoms with Crippen LogP contribution in [0.4, 0.5) is 0 Å². The molecule has 0 bridgehead atoms. The number of aromatic nitrogens is 1. The summed E-state index contributed by atoms with van der Waals surface area (Å²) in [6.07, 6.45) is 2.77. The lowest BCUT2D eigenvalue weighted by Gasteiger charge is -2.17. The first-order chi connectivity index (χ1) is 11.6. The van der Waals surface area contributed by atoms with Gasteiger partial charge in [0.1, 0.15) is 0 Å². The van der Waals surface area contributed by atoms with Crippen molar-refractivity contribution in [3.05, 3.63) is 42.1 Å². The van der Waals surface area contributed by atoms with Crippen LogP contribution in [0, 0.1) is 0 Å². The number of rotatable bonds is 2. The SMILES string of the molecule is COc1cc2c(cc1O)-c1cc3ccc(OC)c(O)c3c[n+]1CC2.[Cl-]. The second-order valence-corrected chi connectivity index (χ2v) is 5.90. The van der Waals surface area contributed by atoms with Crippen LogP contribution in [0.3, 0.4) is 0 Å². The van der Waals surface area contributed by atoms with E-state index in [1.165, 1.54) is 0 Å². The molecular formula is C19H18ClNO4. The fourth-order valence-electron chi connectivity index (χ4n) is 3.36. The summed E-state index contributed by atoms with van der Waals surface area (Å²) >= 11 is 0. The number of methoxy groups -OCH3 is 2. The van der Waals surface area contributed by atoms with Gasteiger partial charge in [0.15, 0.2) is 35.7 Å². The number of hydrogen-bond donors (Lipinski definition) is 2. The number of phenolic OH excluding ortho intramolecular Hbond substituents is 2. The molecule has 1 aliphatic rings. The molecule has 4 rings (SSSR count). The molecule has 130 valence electrons. The van der Waals surface area contributed by atoms with Gasteiger partial charge in [-0.2, -0.15) is 4.57 Å². The first kappa shape index (κ1) is 17.2. The number of ether oxygens (including phenoxy) is 2. The Labute approximate surface area is 151 Å². The van der Waals surface area contributed by atoms with E-state index < -0.39 is 0 Å². The van der Waals surface area contributed by atoms with Gasteiger partial charge in [-0.1, -0.05) is 0 Å². The van der Waals surface area contributed by atoms with Crippen LogP contribution in [0.5, 0.6) is 23.0 Å². The van der Waals surface area contributed by atoms with Gasteiger partial charge in [0.2, 0.25) is 5.69 Å². The number of hydrogen-bond acceptors (Lipinski definition) is 4. The Balaban J connectivity index is 0.00000182. The fraction of sp³-hybridized carbons (Fsp3) is 0.211. The normalized spacial score (nSPS) is 12.1. The Morgan fingerprint density at radius 2 is 1.76 bits per heavy atom. The third kappa shape index (κ3) is 2.61. The van der Waals surface area contributed by atoms with Gasteiger partial charge in [-0.3, -0.25) is 0 Å². The second-order valence-electron chi connectivity index (χ2n) is 5.90. The van der Waals surface area contributed by atoms with Crippen molar-refractivity contribution in [1.29, 1.82) is 0 Å². The number of pyridine rings is 1. The minimum Gasteiger partial charge on any atom is -1.00 e. The maximum absolute atomic E-state index is 10.4. The highest BCUT2D eigenvalue weighted by Crippen LogP contribution is 2.39. The van der Waals surface area contributed by atoms with E-state index in [9.17, 15) is 10.2 Å². The Kier molecular flexibility index (Phi) is 4.35. The number of fused-ring (bicyclic) bond motifs is 4. The molecule has 0 saturated heterocycles. The van der Waals surface area contributed by atoms with Crippen LogP contribution >= 0.6 is 0 Å². The molecule has 3 aromatic rings. The third-order valence-corrected chi connectivity index (χ3v) is 4.62. The van der Waals surface area contributed by atoms with Crippen molar-refractivity contribution in [3.63, 3.8) is 0 Å². The predicted octanol–water partition coefficient (Wildman–Crippen LogP) is -0.217. The van der Waals surface area contributed by atoms with E-state index in [1.54, 1.807) is 26.4 Å². The maximum Gasteiger partial charge on any atom is 0.213 e. The molecule has 25 heavy (non-hydrogen) atoms. The molecule has 1 aromatic heterocycles. The summed E-state index contributed by atoms with van der Waals surface area (Å²) in [6, 6.07) is 9.34. The predicted molar refractivity (Wildman–Crippen MR) is 89.7 cm³/mol. The van der Waals surface area contributed by atoms with Crippen molar-refractivity contribution in [1.82, 2.24) is 0 Å². The number of halogens is 1. The molecule has 1 aliphatic heterocycles. The Morgan fingerprint density at radius 1 is 1.00 bits per heavy atom. The van der Waals surface area contributed by atoms with Crippen molar-refractivity contribution in [2.45, 2.75) is 13.0 Å². The average Bonchev–Trinajstić information content (AvgIpc) is 2.60. The van der Waals surface area contributed by atoms with E-state index in [-0.39, 0.29) is 23.9 Å². The van der Waals surface area contributed by atoms with Gasteiger partial charge in [0.05, 0.1) is 25.2 Å². The molecule has 2 heterocycles. The van der Waals surface area contributed by atoms with Gasteiger partial charge in [-0.15, -0.1) is 0 Å². The van der Waals surface area contributed by atoms with Crippen LogP contribution in [-0.4, -0.2) is 24.4 Å². The van der Waals surface area contributed by atoms with Crippen LogP contribution in [0.15, 0.2) is 36.5 Å². The van der Waals surface area contributed by atoms with Crippen LogP contribution in [0.1, 0.15) is 5.56 Å². The first-order valence-corrected chi connectivity index (χ1v) is 7.75. The number of aryl methyl sites for hydroxylation is 2. The number of aromatic hydroxyl groups is 2. The quantitative estimate of drug-likeness (QED) is 0.621. The number of nitrogens with zero attached hydrogens (tertiary/aromatic N) is 1. The molecule has 0 atom stereocenters. The zero-order chi connectivity index (χ0) is 16.8. The van der Waals surface area contributed by atoms with Crippen LogP contribution in [0.2, 0.25) is 0 Å². The zero-order valence-electron chi connectivity index (χ0n) is 13.9. The molecule has 2 aromatic carbocycles. The highest BCUT2D eigenvalue weighted by atomic mass is 35.5. The highest BCUT2D eigenvalue weighted by molar-refractivity contribution is 5.91. The minimum absolute atomic E-state index is 0. The van der Waals surface area contributed by atoms with Gasteiger partial charge < -0.3 is 32.1 Å². The monoisotopic (exact) mass is 359 g/mol. The van der Waals surface area contributed by atoms with Crippen molar-refractivity contribution >= 4 is 10.8 Å². The Morgan fingerprint density at radius 3 is 2.48 bits per heavy atom. The second kappa shape index (κ2) is 6.33. The molecule has 0 spiro atoms. The largest absolute Gasteiger partial charge is 1.00 e. The van der Waals surface area contributed by atoms with Crippen molar-refractivity contribution in [2.75, 3.05) is 14.2 Å². The molecule has 0 radical (unpaired) electrons. The summed E-state index contributed by atoms with van der Waals surface area (Å²) in [6.45, 7) is 0.794. The van der Waals surface area contributed by atoms with Crippen LogP contribution in [-0.2, 0) is 13.0 Å². The first-order valence-electron chi connectivity index (χ1n) is 7.75. The molecule has 0 fully saturated rings. The molecular weight excluding hydrogens is 342 g/mol. The minimum atomic E-state index is 0. The van der Waals surface area contributed by atoms with Crippen molar-refractivity contribution in [3.8, 4) is 34.3 Å². The van der Waals surface area contributed by atoms with Gasteiger partial charge in [-0.25, -0.2) is 0 Å². The summed E-state index contributed by atoms with van der Waals surface area (Å²) in [5, 5.41) is 22.2. The van der Waals surface area contributed by atoms with Gasteiger partial charge >= 0.3 is 0 Å². The molecule has 6 heteroatoms. The molecule has 0 saturated carbocycles. The van der Waals surface area contributed by atoms with Gasteiger partial charge in [-0.05, 0) is 35.2 Å². The van der Waals surface area contributed by atoms with E-state index in [4.69, 9.17) is 9.47 Å².